The maximum atomic E-state index is 11.0. The molecule has 0 saturated carbocycles. The lowest BCUT2D eigenvalue weighted by Gasteiger charge is -2.09. The molecule has 4 N–H and O–H groups in total. The first-order chi connectivity index (χ1) is 6.47. The minimum atomic E-state index is -0.497. The Bertz CT molecular complexity index is 271. The molecule has 1 unspecified atom stereocenters. The van der Waals surface area contributed by atoms with Crippen LogP contribution in [0.2, 0.25) is 0 Å². The van der Waals surface area contributed by atoms with Gasteiger partial charge in [-0.25, -0.2) is 4.79 Å². The average molecular weight is 197 g/mol. The maximum absolute atomic E-state index is 11.0. The van der Waals surface area contributed by atoms with Crippen LogP contribution in [0, 0.1) is 0 Å². The molecule has 1 atom stereocenters. The van der Waals surface area contributed by atoms with Crippen LogP contribution in [0.1, 0.15) is 13.8 Å². The van der Waals surface area contributed by atoms with Crippen LogP contribution in [-0.2, 0) is 4.79 Å². The Hall–Kier alpha value is -1.78. The zero-order chi connectivity index (χ0) is 11.1. The van der Waals surface area contributed by atoms with Crippen LogP contribution < -0.4 is 16.4 Å². The zero-order valence-corrected chi connectivity index (χ0v) is 8.33. The van der Waals surface area contributed by atoms with Crippen LogP contribution in [0.25, 0.3) is 0 Å². The lowest BCUT2D eigenvalue weighted by atomic mass is 10.2. The largest absolute Gasteiger partial charge is 0.366 e. The second-order valence-corrected chi connectivity index (χ2v) is 2.82. The number of rotatable bonds is 4. The summed E-state index contributed by atoms with van der Waals surface area (Å²) in [6, 6.07) is -0.636. The molecule has 0 aliphatic carbocycles. The van der Waals surface area contributed by atoms with E-state index in [1.54, 1.807) is 19.9 Å². The highest BCUT2D eigenvalue weighted by molar-refractivity contribution is 5.91. The highest BCUT2D eigenvalue weighted by atomic mass is 16.2. The van der Waals surface area contributed by atoms with Gasteiger partial charge in [0.05, 0.1) is 0 Å². The average Bonchev–Trinajstić information content (AvgIpc) is 2.03. The molecule has 0 aromatic rings. The minimum Gasteiger partial charge on any atom is -0.366 e. The van der Waals surface area contributed by atoms with Crippen LogP contribution >= 0.6 is 0 Å². The van der Waals surface area contributed by atoms with Gasteiger partial charge in [-0.3, -0.25) is 4.79 Å². The van der Waals surface area contributed by atoms with E-state index in [0.717, 1.165) is 0 Å². The molecule has 0 aromatic carbocycles. The number of primary amides is 1. The number of amides is 3. The van der Waals surface area contributed by atoms with Crippen LogP contribution in [0.3, 0.4) is 0 Å². The number of carbonyl (C=O) groups is 2. The van der Waals surface area contributed by atoms with E-state index in [4.69, 9.17) is 5.73 Å². The smallest absolute Gasteiger partial charge is 0.319 e. The molecule has 5 nitrogen and oxygen atoms in total. The molecule has 14 heavy (non-hydrogen) atoms. The van der Waals surface area contributed by atoms with Gasteiger partial charge in [-0.1, -0.05) is 12.7 Å². The number of nitrogens with two attached hydrogens (primary N) is 1. The monoisotopic (exact) mass is 197 g/mol. The Balaban J connectivity index is 4.15. The lowest BCUT2D eigenvalue weighted by molar-refractivity contribution is -0.114. The topological polar surface area (TPSA) is 84.2 Å². The van der Waals surface area contributed by atoms with Crippen molar-refractivity contribution in [2.24, 2.45) is 5.73 Å². The molecule has 5 heteroatoms. The normalized spacial score (nSPS) is 12.9. The Labute approximate surface area is 83.0 Å². The molecular weight excluding hydrogens is 182 g/mol. The van der Waals surface area contributed by atoms with Gasteiger partial charge in [0, 0.05) is 11.6 Å². The van der Waals surface area contributed by atoms with Gasteiger partial charge in [0.2, 0.25) is 5.91 Å². The van der Waals surface area contributed by atoms with Gasteiger partial charge in [0.25, 0.3) is 0 Å². The first-order valence-electron chi connectivity index (χ1n) is 4.13. The Kier molecular flexibility index (Phi) is 5.06. The summed E-state index contributed by atoms with van der Waals surface area (Å²) < 4.78 is 0. The summed E-state index contributed by atoms with van der Waals surface area (Å²) in [6.07, 6.45) is 2.84. The van der Waals surface area contributed by atoms with Crippen molar-refractivity contribution >= 4 is 11.9 Å². The van der Waals surface area contributed by atoms with E-state index < -0.39 is 5.91 Å². The zero-order valence-electron chi connectivity index (χ0n) is 8.33. The van der Waals surface area contributed by atoms with E-state index in [0.29, 0.717) is 5.57 Å². The first kappa shape index (κ1) is 12.2. The predicted molar refractivity (Wildman–Crippen MR) is 54.3 cm³/mol. The van der Waals surface area contributed by atoms with Crippen molar-refractivity contribution in [3.63, 3.8) is 0 Å². The number of hydrogen-bond donors (Lipinski definition) is 3. The summed E-state index contributed by atoms with van der Waals surface area (Å²) in [5.41, 5.74) is 5.44. The van der Waals surface area contributed by atoms with Gasteiger partial charge in [-0.15, -0.1) is 0 Å². The quantitative estimate of drug-likeness (QED) is 0.564. The Morgan fingerprint density at radius 1 is 1.50 bits per heavy atom. The van der Waals surface area contributed by atoms with Gasteiger partial charge < -0.3 is 16.4 Å². The van der Waals surface area contributed by atoms with Crippen molar-refractivity contribution in [3.8, 4) is 0 Å². The number of urea groups is 1. The number of hydrogen-bond acceptors (Lipinski definition) is 2. The molecule has 0 radical (unpaired) electrons. The fourth-order valence-corrected chi connectivity index (χ4v) is 0.840. The van der Waals surface area contributed by atoms with Crippen molar-refractivity contribution in [1.29, 1.82) is 0 Å². The van der Waals surface area contributed by atoms with E-state index >= 15 is 0 Å². The summed E-state index contributed by atoms with van der Waals surface area (Å²) in [7, 11) is 0. The highest BCUT2D eigenvalue weighted by Crippen LogP contribution is 1.94. The van der Waals surface area contributed by atoms with Crippen molar-refractivity contribution in [2.75, 3.05) is 0 Å². The molecule has 78 valence electrons. The van der Waals surface area contributed by atoms with Gasteiger partial charge in [0.1, 0.15) is 0 Å². The molecule has 3 amide bonds. The van der Waals surface area contributed by atoms with E-state index in [2.05, 4.69) is 17.2 Å². The van der Waals surface area contributed by atoms with E-state index in [1.807, 2.05) is 0 Å². The molecule has 0 aliphatic rings. The molecule has 0 spiro atoms. The molecule has 0 rings (SSSR count). The highest BCUT2D eigenvalue weighted by Gasteiger charge is 2.04. The summed E-state index contributed by atoms with van der Waals surface area (Å²) >= 11 is 0. The third-order valence-corrected chi connectivity index (χ3v) is 1.48. The summed E-state index contributed by atoms with van der Waals surface area (Å²) in [5.74, 6) is -0.497. The van der Waals surface area contributed by atoms with Gasteiger partial charge in [-0.2, -0.15) is 0 Å². The standard InChI is InChI=1S/C9H15N3O2/c1-4-11-9(14)12-7(3)5-6(2)8(10)13/h4-5,7H,1H2,2-3H3,(H2,10,13)(H2,11,12,14). The fraction of sp³-hybridized carbons (Fsp3) is 0.333. The molecule has 0 heterocycles. The van der Waals surface area contributed by atoms with Gasteiger partial charge >= 0.3 is 6.03 Å². The van der Waals surface area contributed by atoms with Crippen molar-refractivity contribution in [1.82, 2.24) is 10.6 Å². The Morgan fingerprint density at radius 3 is 2.50 bits per heavy atom. The second-order valence-electron chi connectivity index (χ2n) is 2.82. The summed E-state index contributed by atoms with van der Waals surface area (Å²) in [5, 5.41) is 4.91. The van der Waals surface area contributed by atoms with Crippen LogP contribution in [0.5, 0.6) is 0 Å². The van der Waals surface area contributed by atoms with Crippen LogP contribution in [0.15, 0.2) is 24.4 Å². The SMILES string of the molecule is C=CNC(=O)NC(C)C=C(C)C(N)=O. The second kappa shape index (κ2) is 5.80. The molecule has 0 aromatic heterocycles. The maximum Gasteiger partial charge on any atom is 0.319 e. The third kappa shape index (κ3) is 4.97. The third-order valence-electron chi connectivity index (χ3n) is 1.48. The lowest BCUT2D eigenvalue weighted by Crippen LogP contribution is -2.37. The summed E-state index contributed by atoms with van der Waals surface area (Å²) in [6.45, 7) is 6.66. The van der Waals surface area contributed by atoms with Crippen LogP contribution in [0.4, 0.5) is 4.79 Å². The van der Waals surface area contributed by atoms with E-state index in [-0.39, 0.29) is 12.1 Å². The van der Waals surface area contributed by atoms with E-state index in [9.17, 15) is 9.59 Å². The fourth-order valence-electron chi connectivity index (χ4n) is 0.840. The molecule has 0 bridgehead atoms. The van der Waals surface area contributed by atoms with Crippen molar-refractivity contribution in [3.05, 3.63) is 24.4 Å². The van der Waals surface area contributed by atoms with Gasteiger partial charge in [0.15, 0.2) is 0 Å². The molecule has 0 fully saturated rings. The first-order valence-corrected chi connectivity index (χ1v) is 4.13. The molecular formula is C9H15N3O2. The van der Waals surface area contributed by atoms with E-state index in [1.165, 1.54) is 6.20 Å². The number of nitrogens with one attached hydrogen (secondary N) is 2. The Morgan fingerprint density at radius 2 is 2.07 bits per heavy atom. The predicted octanol–water partition coefficient (Wildman–Crippen LogP) is 0.249. The number of carbonyl (C=O) groups excluding carboxylic acids is 2. The summed E-state index contributed by atoms with van der Waals surface area (Å²) in [4.78, 5) is 21.6. The molecule has 0 aliphatic heterocycles. The van der Waals surface area contributed by atoms with Crippen molar-refractivity contribution in [2.45, 2.75) is 19.9 Å². The minimum absolute atomic E-state index is 0.262. The van der Waals surface area contributed by atoms with Crippen molar-refractivity contribution < 1.29 is 9.59 Å². The molecule has 0 saturated heterocycles. The van der Waals surface area contributed by atoms with Crippen LogP contribution in [-0.4, -0.2) is 18.0 Å². The van der Waals surface area contributed by atoms with Gasteiger partial charge in [-0.05, 0) is 20.0 Å².